The van der Waals surface area contributed by atoms with Gasteiger partial charge in [-0.1, -0.05) is 49.2 Å². The van der Waals surface area contributed by atoms with E-state index in [0.717, 1.165) is 34.3 Å². The molecule has 1 fully saturated rings. The molecule has 8 heteroatoms. The second-order valence-corrected chi connectivity index (χ2v) is 8.13. The molecule has 1 saturated carbocycles. The maximum Gasteiger partial charge on any atom is 0.234 e. The van der Waals surface area contributed by atoms with Gasteiger partial charge >= 0.3 is 0 Å². The molecule has 1 amide bonds. The molecule has 0 spiro atoms. The highest BCUT2D eigenvalue weighted by Crippen LogP contribution is 2.30. The van der Waals surface area contributed by atoms with E-state index in [0.29, 0.717) is 6.04 Å². The van der Waals surface area contributed by atoms with Crippen molar-refractivity contribution in [3.8, 4) is 0 Å². The van der Waals surface area contributed by atoms with Gasteiger partial charge in [0.2, 0.25) is 11.1 Å². The summed E-state index contributed by atoms with van der Waals surface area (Å²) >= 11 is 3.04. The van der Waals surface area contributed by atoms with Crippen LogP contribution < -0.4 is 5.32 Å². The lowest BCUT2D eigenvalue weighted by Gasteiger charge is -2.21. The molecule has 26 heavy (non-hydrogen) atoms. The van der Waals surface area contributed by atoms with Crippen LogP contribution >= 0.6 is 23.5 Å². The maximum atomic E-state index is 12.4. The Morgan fingerprint density at radius 1 is 1.27 bits per heavy atom. The van der Waals surface area contributed by atoms with Crippen LogP contribution in [0.4, 0.5) is 5.69 Å². The smallest absolute Gasteiger partial charge is 0.234 e. The molecule has 1 heterocycles. The van der Waals surface area contributed by atoms with Crippen LogP contribution in [-0.2, 0) is 4.79 Å². The summed E-state index contributed by atoms with van der Waals surface area (Å²) in [6.45, 7) is 3.74. The summed E-state index contributed by atoms with van der Waals surface area (Å²) in [4.78, 5) is 13.4. The molecule has 0 bridgehead atoms. The number of hydrogen-bond acceptors (Lipinski definition) is 6. The third kappa shape index (κ3) is 5.11. The highest BCUT2D eigenvalue weighted by atomic mass is 32.2. The largest absolute Gasteiger partial charge is 0.324 e. The second-order valence-electron chi connectivity index (χ2n) is 6.13. The van der Waals surface area contributed by atoms with Crippen LogP contribution in [0.15, 0.2) is 47.0 Å². The fraction of sp³-hybridized carbons (Fsp3) is 0.444. The first-order chi connectivity index (χ1) is 12.8. The van der Waals surface area contributed by atoms with Gasteiger partial charge in [0.25, 0.3) is 0 Å². The van der Waals surface area contributed by atoms with Crippen LogP contribution in [0.3, 0.4) is 0 Å². The Balaban J connectivity index is 1.57. The van der Waals surface area contributed by atoms with Gasteiger partial charge in [0.15, 0.2) is 0 Å². The van der Waals surface area contributed by atoms with E-state index >= 15 is 0 Å². The Labute approximate surface area is 162 Å². The van der Waals surface area contributed by atoms with Crippen molar-refractivity contribution >= 4 is 35.1 Å². The predicted octanol–water partition coefficient (Wildman–Crippen LogP) is 4.19. The zero-order chi connectivity index (χ0) is 18.2. The van der Waals surface area contributed by atoms with Gasteiger partial charge in [-0.3, -0.25) is 4.79 Å². The van der Waals surface area contributed by atoms with E-state index in [1.807, 2.05) is 35.0 Å². The molecule has 0 radical (unpaired) electrons. The fourth-order valence-electron chi connectivity index (χ4n) is 3.00. The summed E-state index contributed by atoms with van der Waals surface area (Å²) in [5.41, 5.74) is 0.830. The summed E-state index contributed by atoms with van der Waals surface area (Å²) in [7, 11) is 0. The van der Waals surface area contributed by atoms with Gasteiger partial charge in [-0.05, 0) is 35.4 Å². The average molecular weight is 390 g/mol. The number of aromatic nitrogens is 4. The van der Waals surface area contributed by atoms with E-state index < -0.39 is 0 Å². The number of rotatable bonds is 8. The Bertz CT molecular complexity index is 743. The minimum atomic E-state index is -0.0557. The molecular formula is C18H23N5OS2. The van der Waals surface area contributed by atoms with Crippen molar-refractivity contribution in [1.29, 1.82) is 0 Å². The predicted molar refractivity (Wildman–Crippen MR) is 107 cm³/mol. The van der Waals surface area contributed by atoms with Crippen molar-refractivity contribution in [2.45, 2.75) is 48.2 Å². The van der Waals surface area contributed by atoms with Crippen molar-refractivity contribution in [2.24, 2.45) is 0 Å². The number of carbonyl (C=O) groups is 1. The first kappa shape index (κ1) is 19.0. The molecule has 138 valence electrons. The fourth-order valence-corrected chi connectivity index (χ4v) is 4.49. The molecule has 1 aliphatic rings. The third-order valence-corrected chi connectivity index (χ3v) is 6.24. The summed E-state index contributed by atoms with van der Waals surface area (Å²) < 4.78 is 1.89. The van der Waals surface area contributed by atoms with E-state index in [4.69, 9.17) is 0 Å². The van der Waals surface area contributed by atoms with Gasteiger partial charge in [-0.15, -0.1) is 23.4 Å². The van der Waals surface area contributed by atoms with Gasteiger partial charge in [0, 0.05) is 10.6 Å². The normalized spacial score (nSPS) is 14.9. The summed E-state index contributed by atoms with van der Waals surface area (Å²) in [5, 5.41) is 15.8. The maximum absolute atomic E-state index is 12.4. The Kier molecular flexibility index (Phi) is 7.13. The third-order valence-electron chi connectivity index (χ3n) is 4.23. The van der Waals surface area contributed by atoms with Crippen molar-refractivity contribution in [1.82, 2.24) is 20.2 Å². The van der Waals surface area contributed by atoms with Gasteiger partial charge < -0.3 is 5.32 Å². The van der Waals surface area contributed by atoms with Gasteiger partial charge in [0.1, 0.15) is 0 Å². The summed E-state index contributed by atoms with van der Waals surface area (Å²) in [5.74, 6) is 1.03. The van der Waals surface area contributed by atoms with Crippen LogP contribution in [0.1, 0.15) is 38.1 Å². The highest BCUT2D eigenvalue weighted by molar-refractivity contribution is 8.00. The molecule has 6 nitrogen and oxygen atoms in total. The van der Waals surface area contributed by atoms with Crippen molar-refractivity contribution < 1.29 is 4.79 Å². The molecule has 2 aromatic rings. The first-order valence-corrected chi connectivity index (χ1v) is 10.8. The highest BCUT2D eigenvalue weighted by Gasteiger charge is 2.20. The number of carbonyl (C=O) groups excluding carboxylic acids is 1. The molecule has 1 N–H and O–H groups in total. The van der Waals surface area contributed by atoms with E-state index in [-0.39, 0.29) is 11.7 Å². The van der Waals surface area contributed by atoms with Crippen LogP contribution in [-0.4, -0.2) is 37.6 Å². The lowest BCUT2D eigenvalue weighted by Crippen LogP contribution is -2.17. The van der Waals surface area contributed by atoms with Crippen molar-refractivity contribution in [3.63, 3.8) is 0 Å². The molecule has 1 aromatic heterocycles. The first-order valence-electron chi connectivity index (χ1n) is 8.81. The van der Waals surface area contributed by atoms with Gasteiger partial charge in [-0.25, -0.2) is 4.68 Å². The van der Waals surface area contributed by atoms with Gasteiger partial charge in [0.05, 0.1) is 17.5 Å². The molecule has 0 aliphatic heterocycles. The standard InChI is InChI=1S/C18H23N5OS2/c1-2-12-25-16-11-7-6-10-15(16)19-17(24)13-26-18-20-21-22-23(18)14-8-4-3-5-9-14/h2,6-7,10-11,14H,1,3-5,8-9,12-13H2,(H,19,24). The number of anilines is 1. The van der Waals surface area contributed by atoms with E-state index in [9.17, 15) is 4.79 Å². The topological polar surface area (TPSA) is 72.7 Å². The average Bonchev–Trinajstić information content (AvgIpc) is 3.15. The zero-order valence-electron chi connectivity index (χ0n) is 14.6. The van der Waals surface area contributed by atoms with Crippen LogP contribution in [0.25, 0.3) is 0 Å². The van der Waals surface area contributed by atoms with E-state index in [1.165, 1.54) is 31.0 Å². The Hall–Kier alpha value is -1.80. The van der Waals surface area contributed by atoms with E-state index in [1.54, 1.807) is 11.8 Å². The lowest BCUT2D eigenvalue weighted by molar-refractivity contribution is -0.113. The van der Waals surface area contributed by atoms with Crippen LogP contribution in [0.5, 0.6) is 0 Å². The SMILES string of the molecule is C=CCSc1ccccc1NC(=O)CSc1nnnn1C1CCCCC1. The number of nitrogens with zero attached hydrogens (tertiary/aromatic N) is 4. The van der Waals surface area contributed by atoms with Gasteiger partial charge in [-0.2, -0.15) is 0 Å². The summed E-state index contributed by atoms with van der Waals surface area (Å²) in [6, 6.07) is 8.17. The van der Waals surface area contributed by atoms with E-state index in [2.05, 4.69) is 27.4 Å². The lowest BCUT2D eigenvalue weighted by atomic mass is 9.96. The molecule has 0 saturated heterocycles. The molecule has 1 aliphatic carbocycles. The molecule has 3 rings (SSSR count). The monoisotopic (exact) mass is 389 g/mol. The number of nitrogens with one attached hydrogen (secondary N) is 1. The van der Waals surface area contributed by atoms with Crippen LogP contribution in [0.2, 0.25) is 0 Å². The number of thioether (sulfide) groups is 2. The number of hydrogen-bond donors (Lipinski definition) is 1. The molecule has 1 aromatic carbocycles. The quantitative estimate of drug-likeness (QED) is 0.539. The Morgan fingerprint density at radius 3 is 2.88 bits per heavy atom. The summed E-state index contributed by atoms with van der Waals surface area (Å²) in [6.07, 6.45) is 7.79. The molecule has 0 unspecified atom stereocenters. The number of tetrazole rings is 1. The van der Waals surface area contributed by atoms with Crippen molar-refractivity contribution in [3.05, 3.63) is 36.9 Å². The minimum Gasteiger partial charge on any atom is -0.324 e. The Morgan fingerprint density at radius 2 is 2.08 bits per heavy atom. The van der Waals surface area contributed by atoms with Crippen LogP contribution in [0, 0.1) is 0 Å². The number of benzene rings is 1. The number of amides is 1. The molecule has 0 atom stereocenters. The second kappa shape index (κ2) is 9.78. The minimum absolute atomic E-state index is 0.0557. The van der Waals surface area contributed by atoms with Crippen molar-refractivity contribution in [2.75, 3.05) is 16.8 Å². The number of para-hydroxylation sites is 1. The zero-order valence-corrected chi connectivity index (χ0v) is 16.3. The molecular weight excluding hydrogens is 366 g/mol.